The molecule has 2 fully saturated rings. The van der Waals surface area contributed by atoms with Crippen molar-refractivity contribution in [1.82, 2.24) is 0 Å². The standard InChI is InChI=1S/C29H37NO4/c1-28(2,3)33-26(31)21-9-7-19(8-10-21)24-16-13-20-17-18-30(25(20)24)23-14-11-22(12-15-23)27(32)34-29(4,5)6/h7-12,14-15,20,24-25H,13,16-18H2,1-6H3/t20-,24+,25+/m1/s1. The van der Waals surface area contributed by atoms with Crippen LogP contribution in [0.1, 0.15) is 93.0 Å². The van der Waals surface area contributed by atoms with Gasteiger partial charge < -0.3 is 14.4 Å². The van der Waals surface area contributed by atoms with E-state index in [0.717, 1.165) is 18.7 Å². The van der Waals surface area contributed by atoms with E-state index in [0.29, 0.717) is 29.0 Å². The second-order valence-corrected chi connectivity index (χ2v) is 11.6. The van der Waals surface area contributed by atoms with Crippen LogP contribution in [0.15, 0.2) is 48.5 Å². The van der Waals surface area contributed by atoms with Crippen LogP contribution >= 0.6 is 0 Å². The Morgan fingerprint density at radius 3 is 1.74 bits per heavy atom. The SMILES string of the molecule is CC(C)(C)OC(=O)c1ccc([C@@H]2CC[C@@H]3CCN(c4ccc(C(=O)OC(C)(C)C)cc4)[C@@H]32)cc1. The average Bonchev–Trinajstić information content (AvgIpc) is 3.34. The molecule has 0 radical (unpaired) electrons. The Hall–Kier alpha value is -2.82. The lowest BCUT2D eigenvalue weighted by Gasteiger charge is -2.32. The molecule has 0 spiro atoms. The number of fused-ring (bicyclic) bond motifs is 1. The Morgan fingerprint density at radius 1 is 0.735 bits per heavy atom. The maximum absolute atomic E-state index is 12.4. The van der Waals surface area contributed by atoms with E-state index in [1.54, 1.807) is 0 Å². The lowest BCUT2D eigenvalue weighted by atomic mass is 9.90. The summed E-state index contributed by atoms with van der Waals surface area (Å²) in [4.78, 5) is 27.3. The third-order valence-corrected chi connectivity index (χ3v) is 6.65. The van der Waals surface area contributed by atoms with Crippen molar-refractivity contribution in [2.24, 2.45) is 5.92 Å². The molecule has 0 N–H and O–H groups in total. The first-order chi connectivity index (χ1) is 15.9. The van der Waals surface area contributed by atoms with Gasteiger partial charge >= 0.3 is 11.9 Å². The minimum atomic E-state index is -0.506. The smallest absolute Gasteiger partial charge is 0.338 e. The number of hydrogen-bond donors (Lipinski definition) is 0. The average molecular weight is 464 g/mol. The Bertz CT molecular complexity index is 944. The van der Waals surface area contributed by atoms with E-state index in [-0.39, 0.29) is 11.9 Å². The van der Waals surface area contributed by atoms with Crippen molar-refractivity contribution in [2.75, 3.05) is 11.4 Å². The first kappa shape index (κ1) is 24.3. The Labute approximate surface area is 203 Å². The first-order valence-corrected chi connectivity index (χ1v) is 12.3. The van der Waals surface area contributed by atoms with Gasteiger partial charge in [-0.05, 0) is 109 Å². The molecule has 0 unspecified atom stereocenters. The minimum absolute atomic E-state index is 0.282. The highest BCUT2D eigenvalue weighted by molar-refractivity contribution is 5.90. The van der Waals surface area contributed by atoms with E-state index in [1.165, 1.54) is 18.4 Å². The van der Waals surface area contributed by atoms with Crippen LogP contribution in [0, 0.1) is 5.92 Å². The van der Waals surface area contributed by atoms with Gasteiger partial charge in [0.15, 0.2) is 0 Å². The summed E-state index contributed by atoms with van der Waals surface area (Å²) < 4.78 is 11.0. The van der Waals surface area contributed by atoms with Crippen LogP contribution in [0.2, 0.25) is 0 Å². The second kappa shape index (κ2) is 9.09. The zero-order chi connectivity index (χ0) is 24.7. The van der Waals surface area contributed by atoms with Crippen LogP contribution in [0.5, 0.6) is 0 Å². The van der Waals surface area contributed by atoms with Crippen molar-refractivity contribution in [3.8, 4) is 0 Å². The van der Waals surface area contributed by atoms with Gasteiger partial charge in [0.05, 0.1) is 11.1 Å². The summed E-state index contributed by atoms with van der Waals surface area (Å²) in [5, 5.41) is 0. The van der Waals surface area contributed by atoms with E-state index in [2.05, 4.69) is 17.0 Å². The first-order valence-electron chi connectivity index (χ1n) is 12.3. The lowest BCUT2D eigenvalue weighted by molar-refractivity contribution is 0.00570. The number of ether oxygens (including phenoxy) is 2. The molecule has 34 heavy (non-hydrogen) atoms. The van der Waals surface area contributed by atoms with Crippen LogP contribution < -0.4 is 4.90 Å². The zero-order valence-electron chi connectivity index (χ0n) is 21.3. The normalized spacial score (nSPS) is 22.4. The predicted octanol–water partition coefficient (Wildman–Crippen LogP) is 6.37. The highest BCUT2D eigenvalue weighted by atomic mass is 16.6. The number of benzene rings is 2. The largest absolute Gasteiger partial charge is 0.456 e. The van der Waals surface area contributed by atoms with Gasteiger partial charge in [-0.1, -0.05) is 12.1 Å². The summed E-state index contributed by atoms with van der Waals surface area (Å²) in [7, 11) is 0. The molecule has 2 aromatic rings. The van der Waals surface area contributed by atoms with Crippen molar-refractivity contribution in [3.63, 3.8) is 0 Å². The van der Waals surface area contributed by atoms with E-state index in [9.17, 15) is 9.59 Å². The lowest BCUT2D eigenvalue weighted by Crippen LogP contribution is -2.34. The second-order valence-electron chi connectivity index (χ2n) is 11.6. The summed E-state index contributed by atoms with van der Waals surface area (Å²) in [5.74, 6) is 0.518. The Morgan fingerprint density at radius 2 is 1.24 bits per heavy atom. The molecule has 3 atom stereocenters. The molecule has 0 amide bonds. The minimum Gasteiger partial charge on any atom is -0.456 e. The van der Waals surface area contributed by atoms with Gasteiger partial charge in [0.2, 0.25) is 0 Å². The molecule has 5 nitrogen and oxygen atoms in total. The maximum Gasteiger partial charge on any atom is 0.338 e. The number of carbonyl (C=O) groups is 2. The molecule has 1 heterocycles. The molecule has 5 heteroatoms. The fourth-order valence-electron chi connectivity index (χ4n) is 5.30. The molecule has 1 aliphatic carbocycles. The molecule has 4 rings (SSSR count). The molecule has 2 aliphatic rings. The van der Waals surface area contributed by atoms with E-state index < -0.39 is 11.2 Å². The maximum atomic E-state index is 12.4. The molecule has 182 valence electrons. The molecule has 2 aromatic carbocycles. The number of nitrogens with zero attached hydrogens (tertiary/aromatic N) is 1. The number of carbonyl (C=O) groups excluding carboxylic acids is 2. The van der Waals surface area contributed by atoms with Gasteiger partial charge in [-0.15, -0.1) is 0 Å². The summed E-state index contributed by atoms with van der Waals surface area (Å²) in [5.41, 5.74) is 2.59. The monoisotopic (exact) mass is 463 g/mol. The molecule has 0 aromatic heterocycles. The van der Waals surface area contributed by atoms with E-state index in [4.69, 9.17) is 9.47 Å². The summed E-state index contributed by atoms with van der Waals surface area (Å²) in [6.07, 6.45) is 3.55. The number of anilines is 1. The summed E-state index contributed by atoms with van der Waals surface area (Å²) >= 11 is 0. The van der Waals surface area contributed by atoms with Crippen molar-refractivity contribution in [1.29, 1.82) is 0 Å². The molecule has 0 bridgehead atoms. The molecule has 1 saturated carbocycles. The van der Waals surface area contributed by atoms with Crippen molar-refractivity contribution in [3.05, 3.63) is 65.2 Å². The number of hydrogen-bond acceptors (Lipinski definition) is 5. The van der Waals surface area contributed by atoms with Gasteiger partial charge in [-0.2, -0.15) is 0 Å². The Kier molecular flexibility index (Phi) is 6.50. The van der Waals surface area contributed by atoms with Crippen LogP contribution in [0.4, 0.5) is 5.69 Å². The fraction of sp³-hybridized carbons (Fsp3) is 0.517. The van der Waals surface area contributed by atoms with Crippen molar-refractivity contribution >= 4 is 17.6 Å². The highest BCUT2D eigenvalue weighted by Crippen LogP contribution is 2.48. The van der Waals surface area contributed by atoms with E-state index in [1.807, 2.05) is 77.9 Å². The zero-order valence-corrected chi connectivity index (χ0v) is 21.3. The van der Waals surface area contributed by atoms with Gasteiger partial charge in [0, 0.05) is 24.2 Å². The predicted molar refractivity (Wildman–Crippen MR) is 134 cm³/mol. The van der Waals surface area contributed by atoms with Crippen molar-refractivity contribution in [2.45, 2.75) is 84.0 Å². The van der Waals surface area contributed by atoms with Crippen LogP contribution in [-0.2, 0) is 9.47 Å². The molecular formula is C29H37NO4. The Balaban J connectivity index is 1.49. The number of rotatable bonds is 4. The third kappa shape index (κ3) is 5.45. The molecule has 1 aliphatic heterocycles. The van der Waals surface area contributed by atoms with Gasteiger partial charge in [0.25, 0.3) is 0 Å². The van der Waals surface area contributed by atoms with E-state index >= 15 is 0 Å². The topological polar surface area (TPSA) is 55.8 Å². The van der Waals surface area contributed by atoms with Crippen LogP contribution in [-0.4, -0.2) is 35.7 Å². The van der Waals surface area contributed by atoms with Crippen LogP contribution in [0.3, 0.4) is 0 Å². The summed E-state index contributed by atoms with van der Waals surface area (Å²) in [6.45, 7) is 12.3. The number of esters is 2. The summed E-state index contributed by atoms with van der Waals surface area (Å²) in [6, 6.07) is 16.2. The van der Waals surface area contributed by atoms with Gasteiger partial charge in [0.1, 0.15) is 11.2 Å². The van der Waals surface area contributed by atoms with Crippen LogP contribution in [0.25, 0.3) is 0 Å². The fourth-order valence-corrected chi connectivity index (χ4v) is 5.30. The van der Waals surface area contributed by atoms with Gasteiger partial charge in [-0.25, -0.2) is 9.59 Å². The van der Waals surface area contributed by atoms with Crippen molar-refractivity contribution < 1.29 is 19.1 Å². The van der Waals surface area contributed by atoms with Gasteiger partial charge in [-0.3, -0.25) is 0 Å². The molecular weight excluding hydrogens is 426 g/mol. The quantitative estimate of drug-likeness (QED) is 0.493. The third-order valence-electron chi connectivity index (χ3n) is 6.65. The highest BCUT2D eigenvalue weighted by Gasteiger charge is 2.44. The molecule has 1 saturated heterocycles.